The number of methoxy groups -OCH3 is 1. The fraction of sp³-hybridized carbons (Fsp3) is 0.235. The number of nitrogens with zero attached hydrogens (tertiary/aromatic N) is 1. The van der Waals surface area contributed by atoms with Gasteiger partial charge >= 0.3 is 0 Å². The number of thiocarbonyl (C=S) groups is 1. The predicted molar refractivity (Wildman–Crippen MR) is 93.1 cm³/mol. The molecule has 2 amide bonds. The number of carbonyl (C=O) groups is 2. The van der Waals surface area contributed by atoms with Crippen LogP contribution in [0.15, 0.2) is 30.4 Å². The van der Waals surface area contributed by atoms with Gasteiger partial charge in [0.2, 0.25) is 0 Å². The van der Waals surface area contributed by atoms with Crippen LogP contribution in [-0.2, 0) is 9.59 Å². The van der Waals surface area contributed by atoms with Crippen LogP contribution in [0.5, 0.6) is 5.75 Å². The van der Waals surface area contributed by atoms with Crippen LogP contribution in [0.3, 0.4) is 0 Å². The monoisotopic (exact) mass is 330 g/mol. The van der Waals surface area contributed by atoms with Gasteiger partial charge in [-0.3, -0.25) is 19.8 Å². The van der Waals surface area contributed by atoms with Crippen LogP contribution < -0.4 is 10.1 Å². The third-order valence-corrected chi connectivity index (χ3v) is 4.12. The van der Waals surface area contributed by atoms with Crippen molar-refractivity contribution in [3.05, 3.63) is 47.1 Å². The Bertz CT molecular complexity index is 738. The summed E-state index contributed by atoms with van der Waals surface area (Å²) < 4.78 is 5.27. The third-order valence-electron chi connectivity index (χ3n) is 3.80. The second-order valence-corrected chi connectivity index (χ2v) is 5.52. The predicted octanol–water partition coefficient (Wildman–Crippen LogP) is 2.12. The molecule has 1 N–H and O–H groups in total. The molecule has 0 atom stereocenters. The zero-order valence-corrected chi connectivity index (χ0v) is 14.1. The fourth-order valence-corrected chi connectivity index (χ4v) is 2.59. The molecule has 0 aliphatic carbocycles. The Hall–Kier alpha value is -2.47. The van der Waals surface area contributed by atoms with Crippen LogP contribution in [-0.4, -0.2) is 35.5 Å². The molecule has 2 rings (SSSR count). The van der Waals surface area contributed by atoms with E-state index in [0.717, 1.165) is 22.4 Å². The average Bonchev–Trinajstić information content (AvgIpc) is 2.52. The van der Waals surface area contributed by atoms with E-state index in [1.807, 2.05) is 26.0 Å². The molecule has 6 heteroatoms. The maximum Gasteiger partial charge on any atom is 0.265 e. The molecule has 120 valence electrons. The summed E-state index contributed by atoms with van der Waals surface area (Å²) in [5.41, 5.74) is 2.74. The second kappa shape index (κ2) is 6.75. The number of hydrogen-bond donors (Lipinski definition) is 1. The molecule has 0 unspecified atom stereocenters. The number of amides is 2. The van der Waals surface area contributed by atoms with Crippen molar-refractivity contribution in [2.45, 2.75) is 13.8 Å². The van der Waals surface area contributed by atoms with Gasteiger partial charge in [-0.1, -0.05) is 12.1 Å². The molecule has 0 bridgehead atoms. The van der Waals surface area contributed by atoms with E-state index < -0.39 is 11.8 Å². The summed E-state index contributed by atoms with van der Waals surface area (Å²) in [7, 11) is 1.60. The van der Waals surface area contributed by atoms with E-state index in [0.29, 0.717) is 0 Å². The Morgan fingerprint density at radius 3 is 2.61 bits per heavy atom. The number of carbonyl (C=O) groups excluding carboxylic acids is 2. The highest BCUT2D eigenvalue weighted by Gasteiger charge is 2.32. The van der Waals surface area contributed by atoms with E-state index in [1.54, 1.807) is 19.3 Å². The van der Waals surface area contributed by atoms with Gasteiger partial charge in [0.15, 0.2) is 5.11 Å². The Kier molecular flexibility index (Phi) is 4.95. The van der Waals surface area contributed by atoms with Gasteiger partial charge in [0.1, 0.15) is 11.3 Å². The molecule has 5 nitrogen and oxygen atoms in total. The molecule has 1 fully saturated rings. The fourth-order valence-electron chi connectivity index (χ4n) is 2.34. The van der Waals surface area contributed by atoms with Crippen LogP contribution in [0, 0.1) is 13.8 Å². The standard InChI is InChI=1S/C17H18N2O3S/c1-5-8-19-16(21)13(15(20)18-17(19)23)9-12-6-7-14(22-4)11(3)10(12)2/h5-7,9H,1,8H2,2-4H3,(H,18,20,23)/b13-9+. The van der Waals surface area contributed by atoms with Gasteiger partial charge in [-0.2, -0.15) is 0 Å². The topological polar surface area (TPSA) is 58.6 Å². The van der Waals surface area contributed by atoms with Gasteiger partial charge in [0, 0.05) is 6.54 Å². The van der Waals surface area contributed by atoms with Crippen LogP contribution >= 0.6 is 12.2 Å². The van der Waals surface area contributed by atoms with Gasteiger partial charge in [-0.25, -0.2) is 0 Å². The first-order chi connectivity index (χ1) is 10.9. The summed E-state index contributed by atoms with van der Waals surface area (Å²) in [4.78, 5) is 25.9. The number of rotatable bonds is 4. The highest BCUT2D eigenvalue weighted by atomic mass is 32.1. The lowest BCUT2D eigenvalue weighted by Crippen LogP contribution is -2.53. The molecule has 1 aliphatic heterocycles. The molecule has 1 aliphatic rings. The largest absolute Gasteiger partial charge is 0.496 e. The van der Waals surface area contributed by atoms with Crippen molar-refractivity contribution in [3.8, 4) is 5.75 Å². The van der Waals surface area contributed by atoms with E-state index in [4.69, 9.17) is 17.0 Å². The van der Waals surface area contributed by atoms with Crippen molar-refractivity contribution in [2.75, 3.05) is 13.7 Å². The number of ether oxygens (including phenoxy) is 1. The molecule has 1 aromatic rings. The smallest absolute Gasteiger partial charge is 0.265 e. The highest BCUT2D eigenvalue weighted by molar-refractivity contribution is 7.80. The van der Waals surface area contributed by atoms with Gasteiger partial charge < -0.3 is 4.74 Å². The summed E-state index contributed by atoms with van der Waals surface area (Å²) in [6, 6.07) is 3.63. The van der Waals surface area contributed by atoms with Gasteiger partial charge in [-0.15, -0.1) is 6.58 Å². The minimum absolute atomic E-state index is 0.0492. The lowest BCUT2D eigenvalue weighted by molar-refractivity contribution is -0.128. The van der Waals surface area contributed by atoms with Crippen LogP contribution in [0.25, 0.3) is 6.08 Å². The van der Waals surface area contributed by atoms with E-state index in [2.05, 4.69) is 11.9 Å². The molecule has 0 aromatic heterocycles. The van der Waals surface area contributed by atoms with Crippen molar-refractivity contribution in [3.63, 3.8) is 0 Å². The quantitative estimate of drug-likeness (QED) is 0.398. The molecule has 1 aromatic carbocycles. The lowest BCUT2D eigenvalue weighted by Gasteiger charge is -2.28. The molecule has 1 saturated heterocycles. The van der Waals surface area contributed by atoms with Crippen LogP contribution in [0.4, 0.5) is 0 Å². The zero-order valence-electron chi connectivity index (χ0n) is 13.3. The zero-order chi connectivity index (χ0) is 17.1. The summed E-state index contributed by atoms with van der Waals surface area (Å²) >= 11 is 5.03. The van der Waals surface area contributed by atoms with Crippen molar-refractivity contribution in [2.24, 2.45) is 0 Å². The Balaban J connectivity index is 2.47. The maximum absolute atomic E-state index is 12.5. The summed E-state index contributed by atoms with van der Waals surface area (Å²) in [5.74, 6) is -0.154. The van der Waals surface area contributed by atoms with Gasteiger partial charge in [0.05, 0.1) is 7.11 Å². The SMILES string of the molecule is C=CCN1C(=O)/C(=C/c2ccc(OC)c(C)c2C)C(=O)NC1=S. The second-order valence-electron chi connectivity index (χ2n) is 5.13. The minimum Gasteiger partial charge on any atom is -0.496 e. The summed E-state index contributed by atoms with van der Waals surface area (Å²) in [5, 5.41) is 2.63. The van der Waals surface area contributed by atoms with E-state index in [9.17, 15) is 9.59 Å². The minimum atomic E-state index is -0.492. The first kappa shape index (κ1) is 16.9. The third kappa shape index (κ3) is 3.17. The van der Waals surface area contributed by atoms with Gasteiger partial charge in [-0.05, 0) is 54.9 Å². The summed E-state index contributed by atoms with van der Waals surface area (Å²) in [6.07, 6.45) is 3.14. The maximum atomic E-state index is 12.5. The van der Waals surface area contributed by atoms with Gasteiger partial charge in [0.25, 0.3) is 11.8 Å². The normalized spacial score (nSPS) is 16.6. The first-order valence-electron chi connectivity index (χ1n) is 7.04. The van der Waals surface area contributed by atoms with Crippen molar-refractivity contribution in [1.29, 1.82) is 0 Å². The Morgan fingerprint density at radius 1 is 1.30 bits per heavy atom. The van der Waals surface area contributed by atoms with E-state index >= 15 is 0 Å². The Labute approximate surface area is 140 Å². The number of hydrogen-bond acceptors (Lipinski definition) is 4. The van der Waals surface area contributed by atoms with Crippen LogP contribution in [0.1, 0.15) is 16.7 Å². The number of benzene rings is 1. The number of nitrogens with one attached hydrogen (secondary N) is 1. The lowest BCUT2D eigenvalue weighted by atomic mass is 9.99. The van der Waals surface area contributed by atoms with Crippen molar-refractivity contribution in [1.82, 2.24) is 10.2 Å². The van der Waals surface area contributed by atoms with E-state index in [-0.39, 0.29) is 17.2 Å². The molecule has 1 heterocycles. The first-order valence-corrected chi connectivity index (χ1v) is 7.45. The summed E-state index contributed by atoms with van der Waals surface area (Å²) in [6.45, 7) is 7.69. The van der Waals surface area contributed by atoms with Crippen molar-refractivity contribution < 1.29 is 14.3 Å². The van der Waals surface area contributed by atoms with E-state index in [1.165, 1.54) is 4.90 Å². The average molecular weight is 330 g/mol. The molecular formula is C17H18N2O3S. The van der Waals surface area contributed by atoms with Crippen LogP contribution in [0.2, 0.25) is 0 Å². The molecule has 0 saturated carbocycles. The molecule has 0 spiro atoms. The molecule has 0 radical (unpaired) electrons. The molecule has 23 heavy (non-hydrogen) atoms. The van der Waals surface area contributed by atoms with Crippen molar-refractivity contribution >= 4 is 35.2 Å². The highest BCUT2D eigenvalue weighted by Crippen LogP contribution is 2.26. The molecular weight excluding hydrogens is 312 g/mol. The Morgan fingerprint density at radius 2 is 2.00 bits per heavy atom.